The van der Waals surface area contributed by atoms with Gasteiger partial charge in [0.25, 0.3) is 0 Å². The van der Waals surface area contributed by atoms with Crippen LogP contribution in [0.15, 0.2) is 170 Å². The van der Waals surface area contributed by atoms with Crippen molar-refractivity contribution in [1.29, 1.82) is 0 Å². The van der Waals surface area contributed by atoms with Crippen molar-refractivity contribution in [3.63, 3.8) is 0 Å². The lowest BCUT2D eigenvalue weighted by atomic mass is 10.0. The Kier molecular flexibility index (Phi) is 6.15. The minimum Gasteiger partial charge on any atom is -0.308 e. The van der Waals surface area contributed by atoms with Gasteiger partial charge in [-0.05, 0) is 58.7 Å². The van der Waals surface area contributed by atoms with Crippen molar-refractivity contribution in [2.24, 2.45) is 0 Å². The summed E-state index contributed by atoms with van der Waals surface area (Å²) < 4.78 is 2.40. The Morgan fingerprint density at radius 1 is 0.286 bits per heavy atom. The number of hydrogen-bond donors (Lipinski definition) is 0. The molecule has 0 atom stereocenters. The number of benzene rings is 7. The summed E-state index contributed by atoms with van der Waals surface area (Å²) in [5.41, 5.74) is 11.0. The molecule has 7 aromatic carbocycles. The number of rotatable bonds is 5. The molecule has 10 rings (SSSR count). The van der Waals surface area contributed by atoms with Crippen molar-refractivity contribution < 1.29 is 0 Å². The standard InChI is InChI=1S/C45H28N4/c1-3-13-29(14-4-1)31-17-11-19-33(25-31)43-46-44(34-20-12-18-32(26-34)30-15-5-2-6-16-30)48-45(47-43)35-27-38-36-21-7-9-23-40(36)49-41-24-10-8-22-37(41)39(28-35)42(38)49/h1-28H. The Labute approximate surface area is 283 Å². The monoisotopic (exact) mass is 624 g/mol. The molecule has 0 amide bonds. The Morgan fingerprint density at radius 3 is 1.16 bits per heavy atom. The van der Waals surface area contributed by atoms with E-state index in [2.05, 4.69) is 162 Å². The van der Waals surface area contributed by atoms with E-state index in [4.69, 9.17) is 15.0 Å². The maximum Gasteiger partial charge on any atom is 0.164 e. The van der Waals surface area contributed by atoms with Crippen LogP contribution in [0.5, 0.6) is 0 Å². The highest BCUT2D eigenvalue weighted by Crippen LogP contribution is 2.41. The van der Waals surface area contributed by atoms with E-state index in [0.717, 1.165) is 38.9 Å². The second-order valence-corrected chi connectivity index (χ2v) is 12.5. The Hall–Kier alpha value is -6.65. The van der Waals surface area contributed by atoms with E-state index < -0.39 is 0 Å². The lowest BCUT2D eigenvalue weighted by Gasteiger charge is -2.11. The molecule has 0 aliphatic rings. The van der Waals surface area contributed by atoms with Crippen molar-refractivity contribution in [2.45, 2.75) is 0 Å². The number of hydrogen-bond acceptors (Lipinski definition) is 3. The maximum atomic E-state index is 5.21. The average molecular weight is 625 g/mol. The number of aromatic nitrogens is 4. The molecule has 10 aromatic rings. The predicted octanol–water partition coefficient (Wildman–Crippen LogP) is 11.4. The van der Waals surface area contributed by atoms with E-state index in [1.165, 1.54) is 38.1 Å². The van der Waals surface area contributed by atoms with Gasteiger partial charge in [0.1, 0.15) is 0 Å². The number of fused-ring (bicyclic) bond motifs is 6. The molecule has 4 heteroatoms. The molecule has 0 radical (unpaired) electrons. The molecule has 0 aliphatic heterocycles. The first-order chi connectivity index (χ1) is 24.3. The fourth-order valence-corrected chi connectivity index (χ4v) is 7.28. The van der Waals surface area contributed by atoms with Crippen LogP contribution in [-0.2, 0) is 0 Å². The summed E-state index contributed by atoms with van der Waals surface area (Å²) in [6.07, 6.45) is 0. The fraction of sp³-hybridized carbons (Fsp3) is 0. The summed E-state index contributed by atoms with van der Waals surface area (Å²) in [7, 11) is 0. The quantitative estimate of drug-likeness (QED) is 0.191. The first kappa shape index (κ1) is 27.5. The van der Waals surface area contributed by atoms with Crippen LogP contribution >= 0.6 is 0 Å². The van der Waals surface area contributed by atoms with Crippen molar-refractivity contribution in [3.05, 3.63) is 170 Å². The first-order valence-corrected chi connectivity index (χ1v) is 16.5. The van der Waals surface area contributed by atoms with Crippen LogP contribution in [0.25, 0.3) is 94.5 Å². The Balaban J connectivity index is 1.23. The van der Waals surface area contributed by atoms with Gasteiger partial charge < -0.3 is 4.40 Å². The van der Waals surface area contributed by atoms with Crippen molar-refractivity contribution >= 4 is 38.1 Å². The molecule has 0 N–H and O–H groups in total. The zero-order valence-corrected chi connectivity index (χ0v) is 26.5. The molecule has 49 heavy (non-hydrogen) atoms. The molecule has 3 heterocycles. The average Bonchev–Trinajstić information content (AvgIpc) is 3.70. The van der Waals surface area contributed by atoms with Gasteiger partial charge in [0.2, 0.25) is 0 Å². The van der Waals surface area contributed by atoms with Crippen LogP contribution in [0, 0.1) is 0 Å². The Morgan fingerprint density at radius 2 is 0.673 bits per heavy atom. The van der Waals surface area contributed by atoms with E-state index in [0.29, 0.717) is 17.5 Å². The summed E-state index contributed by atoms with van der Waals surface area (Å²) in [5.74, 6) is 1.93. The normalized spacial score (nSPS) is 11.7. The van der Waals surface area contributed by atoms with Crippen LogP contribution in [0.2, 0.25) is 0 Å². The minimum atomic E-state index is 0.641. The molecule has 0 saturated heterocycles. The third-order valence-electron chi connectivity index (χ3n) is 9.55. The van der Waals surface area contributed by atoms with E-state index >= 15 is 0 Å². The summed E-state index contributed by atoms with van der Waals surface area (Å²) >= 11 is 0. The molecule has 0 aliphatic carbocycles. The van der Waals surface area contributed by atoms with Gasteiger partial charge in [-0.3, -0.25) is 0 Å². The highest BCUT2D eigenvalue weighted by atomic mass is 15.0. The predicted molar refractivity (Wildman–Crippen MR) is 202 cm³/mol. The number of nitrogens with zero attached hydrogens (tertiary/aromatic N) is 4. The highest BCUT2D eigenvalue weighted by molar-refractivity contribution is 6.24. The highest BCUT2D eigenvalue weighted by Gasteiger charge is 2.20. The van der Waals surface area contributed by atoms with Gasteiger partial charge >= 0.3 is 0 Å². The lowest BCUT2D eigenvalue weighted by Crippen LogP contribution is -2.00. The van der Waals surface area contributed by atoms with Crippen molar-refractivity contribution in [3.8, 4) is 56.4 Å². The molecule has 0 bridgehead atoms. The topological polar surface area (TPSA) is 43.1 Å². The van der Waals surface area contributed by atoms with Crippen molar-refractivity contribution in [2.75, 3.05) is 0 Å². The molecular formula is C45H28N4. The van der Waals surface area contributed by atoms with Gasteiger partial charge in [0.05, 0.1) is 16.6 Å². The van der Waals surface area contributed by atoms with Gasteiger partial charge in [-0.25, -0.2) is 15.0 Å². The van der Waals surface area contributed by atoms with Gasteiger partial charge in [-0.2, -0.15) is 0 Å². The molecular weight excluding hydrogens is 597 g/mol. The second kappa shape index (κ2) is 11.0. The molecule has 0 unspecified atom stereocenters. The molecule has 228 valence electrons. The van der Waals surface area contributed by atoms with Gasteiger partial charge in [-0.1, -0.05) is 133 Å². The minimum absolute atomic E-state index is 0.641. The third kappa shape index (κ3) is 4.49. The molecule has 0 saturated carbocycles. The summed E-state index contributed by atoms with van der Waals surface area (Å²) in [6.45, 7) is 0. The second-order valence-electron chi connectivity index (χ2n) is 12.5. The number of para-hydroxylation sites is 2. The lowest BCUT2D eigenvalue weighted by molar-refractivity contribution is 1.07. The zero-order chi connectivity index (χ0) is 32.3. The van der Waals surface area contributed by atoms with Crippen LogP contribution < -0.4 is 0 Å². The maximum absolute atomic E-state index is 5.21. The van der Waals surface area contributed by atoms with E-state index in [-0.39, 0.29) is 0 Å². The molecule has 4 nitrogen and oxygen atoms in total. The largest absolute Gasteiger partial charge is 0.308 e. The molecule has 0 spiro atoms. The summed E-state index contributed by atoms with van der Waals surface area (Å²) in [6, 6.07) is 59.6. The van der Waals surface area contributed by atoms with Crippen LogP contribution in [-0.4, -0.2) is 19.4 Å². The summed E-state index contributed by atoms with van der Waals surface area (Å²) in [4.78, 5) is 15.5. The van der Waals surface area contributed by atoms with Crippen LogP contribution in [0.1, 0.15) is 0 Å². The van der Waals surface area contributed by atoms with E-state index in [1.54, 1.807) is 0 Å². The third-order valence-corrected chi connectivity index (χ3v) is 9.55. The van der Waals surface area contributed by atoms with Crippen LogP contribution in [0.3, 0.4) is 0 Å². The smallest absolute Gasteiger partial charge is 0.164 e. The fourth-order valence-electron chi connectivity index (χ4n) is 7.28. The SMILES string of the molecule is c1ccc(-c2cccc(-c3nc(-c4cccc(-c5ccccc5)c4)nc(-c4cc5c6ccccc6n6c7ccccc7c(c4)c56)n3)c2)cc1. The van der Waals surface area contributed by atoms with Crippen LogP contribution in [0.4, 0.5) is 0 Å². The summed E-state index contributed by atoms with van der Waals surface area (Å²) in [5, 5.41) is 4.83. The molecule has 0 fully saturated rings. The van der Waals surface area contributed by atoms with Crippen molar-refractivity contribution in [1.82, 2.24) is 19.4 Å². The van der Waals surface area contributed by atoms with E-state index in [9.17, 15) is 0 Å². The molecule has 3 aromatic heterocycles. The first-order valence-electron chi connectivity index (χ1n) is 16.5. The van der Waals surface area contributed by atoms with E-state index in [1.807, 2.05) is 12.1 Å². The Bertz CT molecular complexity index is 2630. The zero-order valence-electron chi connectivity index (χ0n) is 26.5. The van der Waals surface area contributed by atoms with Gasteiger partial charge in [0.15, 0.2) is 17.5 Å². The van der Waals surface area contributed by atoms with Gasteiger partial charge in [-0.15, -0.1) is 0 Å². The van der Waals surface area contributed by atoms with Gasteiger partial charge in [0, 0.05) is 38.2 Å².